The Morgan fingerprint density at radius 2 is 1.73 bits per heavy atom. The summed E-state index contributed by atoms with van der Waals surface area (Å²) in [5, 5.41) is 45.2. The van der Waals surface area contributed by atoms with E-state index in [0.717, 1.165) is 29.9 Å². The summed E-state index contributed by atoms with van der Waals surface area (Å²) in [5.41, 5.74) is 4.18. The summed E-state index contributed by atoms with van der Waals surface area (Å²) in [7, 11) is 0. The third-order valence-electron chi connectivity index (χ3n) is 6.93. The number of H-pyrrole nitrogens is 1. The minimum Gasteiger partial charge on any atom is -0.387 e. The molecule has 1 aromatic rings. The lowest BCUT2D eigenvalue weighted by molar-refractivity contribution is -0.219. The Morgan fingerprint density at radius 3 is 2.38 bits per heavy atom. The molecule has 0 bridgehead atoms. The van der Waals surface area contributed by atoms with Crippen LogP contribution in [0.4, 0.5) is 0 Å². The second-order valence-corrected chi connectivity index (χ2v) is 9.75. The van der Waals surface area contributed by atoms with E-state index in [4.69, 9.17) is 19.9 Å². The molecule has 8 N–H and O–H groups in total. The largest absolute Gasteiger partial charge is 0.387 e. The van der Waals surface area contributed by atoms with Crippen molar-refractivity contribution in [3.63, 3.8) is 0 Å². The lowest BCUT2D eigenvalue weighted by Crippen LogP contribution is -2.48. The molecule has 3 heterocycles. The number of aliphatic hydroxyl groups excluding tert-OH is 4. The van der Waals surface area contributed by atoms with Gasteiger partial charge < -0.3 is 45.7 Å². The highest BCUT2D eigenvalue weighted by Crippen LogP contribution is 2.33. The van der Waals surface area contributed by atoms with Crippen molar-refractivity contribution in [3.8, 4) is 0 Å². The van der Waals surface area contributed by atoms with Crippen LogP contribution in [0.5, 0.6) is 0 Å². The number of hydrogen-bond acceptors (Lipinski definition) is 11. The Labute approximate surface area is 215 Å². The van der Waals surface area contributed by atoms with Crippen molar-refractivity contribution in [3.05, 3.63) is 33.1 Å². The fourth-order valence-corrected chi connectivity index (χ4v) is 4.74. The highest BCUT2D eigenvalue weighted by molar-refractivity contribution is 4.97. The normalized spacial score (nSPS) is 32.7. The molecule has 37 heavy (non-hydrogen) atoms. The molecule has 2 fully saturated rings. The molecule has 0 aliphatic carbocycles. The van der Waals surface area contributed by atoms with E-state index in [9.17, 15) is 30.0 Å². The van der Waals surface area contributed by atoms with E-state index < -0.39 is 66.5 Å². The smallest absolute Gasteiger partial charge is 0.330 e. The number of rotatable bonds is 15. The van der Waals surface area contributed by atoms with Gasteiger partial charge in [-0.1, -0.05) is 45.4 Å². The van der Waals surface area contributed by atoms with Crippen molar-refractivity contribution in [1.29, 1.82) is 0 Å². The number of nitrogens with zero attached hydrogens (tertiary/aromatic N) is 1. The average molecular weight is 531 g/mol. The van der Waals surface area contributed by atoms with Gasteiger partial charge in [0.25, 0.3) is 5.56 Å². The zero-order chi connectivity index (χ0) is 26.9. The summed E-state index contributed by atoms with van der Waals surface area (Å²) in [4.78, 5) is 25.7. The van der Waals surface area contributed by atoms with Gasteiger partial charge in [0.15, 0.2) is 12.5 Å². The molecular formula is C24H42N4O9. The molecule has 2 aliphatic heterocycles. The molecule has 13 nitrogen and oxygen atoms in total. The number of aliphatic hydroxyl groups is 4. The van der Waals surface area contributed by atoms with Crippen LogP contribution in [0.2, 0.25) is 0 Å². The van der Waals surface area contributed by atoms with Gasteiger partial charge in [-0.25, -0.2) is 4.79 Å². The summed E-state index contributed by atoms with van der Waals surface area (Å²) in [6.45, 7) is 3.00. The average Bonchev–Trinajstić information content (AvgIpc) is 3.32. The maximum absolute atomic E-state index is 12.2. The number of hydrogen-bond donors (Lipinski definition) is 7. The van der Waals surface area contributed by atoms with Gasteiger partial charge in [-0.15, -0.1) is 0 Å². The van der Waals surface area contributed by atoms with E-state index >= 15 is 0 Å². The second kappa shape index (κ2) is 14.5. The van der Waals surface area contributed by atoms with Gasteiger partial charge >= 0.3 is 5.69 Å². The van der Waals surface area contributed by atoms with Crippen LogP contribution in [0.1, 0.15) is 58.1 Å². The molecule has 0 aromatic carbocycles. The number of aromatic amines is 1. The molecule has 2 aliphatic rings. The van der Waals surface area contributed by atoms with E-state index in [1.165, 1.54) is 31.9 Å². The predicted molar refractivity (Wildman–Crippen MR) is 133 cm³/mol. The molecule has 212 valence electrons. The van der Waals surface area contributed by atoms with E-state index in [1.807, 2.05) is 0 Å². The molecule has 1 unspecified atom stereocenters. The van der Waals surface area contributed by atoms with Gasteiger partial charge in [0.1, 0.15) is 42.7 Å². The summed E-state index contributed by atoms with van der Waals surface area (Å²) in [6, 6.07) is 1.10. The number of nitrogens with two attached hydrogens (primary N) is 1. The summed E-state index contributed by atoms with van der Waals surface area (Å²) < 4.78 is 18.3. The van der Waals surface area contributed by atoms with Crippen molar-refractivity contribution in [1.82, 2.24) is 14.9 Å². The molecule has 13 heteroatoms. The maximum Gasteiger partial charge on any atom is 0.330 e. The van der Waals surface area contributed by atoms with Crippen molar-refractivity contribution < 1.29 is 34.6 Å². The highest BCUT2D eigenvalue weighted by atomic mass is 16.7. The summed E-state index contributed by atoms with van der Waals surface area (Å²) in [5.74, 6) is 0. The van der Waals surface area contributed by atoms with Crippen LogP contribution in [0.25, 0.3) is 0 Å². The van der Waals surface area contributed by atoms with Crippen LogP contribution in [-0.4, -0.2) is 98.6 Å². The predicted octanol–water partition coefficient (Wildman–Crippen LogP) is -1.71. The minimum atomic E-state index is -1.50. The summed E-state index contributed by atoms with van der Waals surface area (Å²) in [6.07, 6.45) is -1.78. The van der Waals surface area contributed by atoms with E-state index in [1.54, 1.807) is 0 Å². The van der Waals surface area contributed by atoms with Crippen LogP contribution in [0, 0.1) is 0 Å². The van der Waals surface area contributed by atoms with Crippen LogP contribution in [0.3, 0.4) is 0 Å². The summed E-state index contributed by atoms with van der Waals surface area (Å²) >= 11 is 0. The number of nitrogens with one attached hydrogen (secondary N) is 2. The molecule has 2 saturated heterocycles. The maximum atomic E-state index is 12.2. The quantitative estimate of drug-likeness (QED) is 0.127. The molecule has 3 rings (SSSR count). The standard InChI is InChI=1S/C24H42N4O9/c1-2-3-4-5-6-7-8-10-26-13-15(36-23-20(33)17(30)14(12-25)35-23)21-18(31)19(32)22(37-21)28-11-9-16(29)27-24(28)34/h9,11,14-15,17-23,26,30-33H,2-8,10,12-13,25H2,1H3,(H,27,29,34)/t14-,15?,17-,18+,19-,20-,21-,22-,23+/m1/s1. The van der Waals surface area contributed by atoms with Crippen LogP contribution in [-0.2, 0) is 14.2 Å². The third kappa shape index (κ3) is 7.68. The second-order valence-electron chi connectivity index (χ2n) is 9.75. The molecule has 0 saturated carbocycles. The zero-order valence-electron chi connectivity index (χ0n) is 21.3. The Hall–Kier alpha value is -1.68. The Morgan fingerprint density at radius 1 is 1.03 bits per heavy atom. The number of unbranched alkanes of at least 4 members (excludes halogenated alkanes) is 6. The van der Waals surface area contributed by atoms with Gasteiger partial charge in [-0.2, -0.15) is 0 Å². The topological polar surface area (TPSA) is 202 Å². The van der Waals surface area contributed by atoms with Gasteiger partial charge in [0, 0.05) is 25.4 Å². The lowest BCUT2D eigenvalue weighted by atomic mass is 10.0. The van der Waals surface area contributed by atoms with Gasteiger partial charge in [-0.05, 0) is 13.0 Å². The fraction of sp³-hybridized carbons (Fsp3) is 0.833. The van der Waals surface area contributed by atoms with Crippen molar-refractivity contribution >= 4 is 0 Å². The number of aromatic nitrogens is 2. The third-order valence-corrected chi connectivity index (χ3v) is 6.93. The molecular weight excluding hydrogens is 488 g/mol. The molecule has 9 atom stereocenters. The monoisotopic (exact) mass is 530 g/mol. The van der Waals surface area contributed by atoms with Crippen LogP contribution in [0.15, 0.2) is 21.9 Å². The Bertz CT molecular complexity index is 928. The Balaban J connectivity index is 1.65. The molecule has 0 spiro atoms. The molecule has 1 aromatic heterocycles. The van der Waals surface area contributed by atoms with Crippen molar-refractivity contribution in [2.24, 2.45) is 5.73 Å². The van der Waals surface area contributed by atoms with Gasteiger partial charge in [-0.3, -0.25) is 14.3 Å². The zero-order valence-corrected chi connectivity index (χ0v) is 21.3. The van der Waals surface area contributed by atoms with E-state index in [0.29, 0.717) is 6.54 Å². The lowest BCUT2D eigenvalue weighted by Gasteiger charge is -2.29. The first-order chi connectivity index (χ1) is 17.8. The molecule has 0 amide bonds. The minimum absolute atomic E-state index is 0.0300. The fourth-order valence-electron chi connectivity index (χ4n) is 4.74. The van der Waals surface area contributed by atoms with Gasteiger partial charge in [0.05, 0.1) is 0 Å². The van der Waals surface area contributed by atoms with Gasteiger partial charge in [0.2, 0.25) is 0 Å². The first-order valence-corrected chi connectivity index (χ1v) is 13.2. The SMILES string of the molecule is CCCCCCCCCNCC(O[C@@H]1O[C@H](CN)[C@@H](O)[C@H]1O)[C@H]1O[C@@H](n2ccc(=O)[nH]c2=O)[C@H](O)[C@@H]1O. The Kier molecular flexibility index (Phi) is 11.7. The van der Waals surface area contributed by atoms with Crippen molar-refractivity contribution in [2.45, 2.75) is 107 Å². The highest BCUT2D eigenvalue weighted by Gasteiger charge is 2.50. The van der Waals surface area contributed by atoms with E-state index in [-0.39, 0.29) is 13.1 Å². The number of ether oxygens (including phenoxy) is 3. The van der Waals surface area contributed by atoms with Crippen molar-refractivity contribution in [2.75, 3.05) is 19.6 Å². The van der Waals surface area contributed by atoms with Crippen LogP contribution >= 0.6 is 0 Å². The van der Waals surface area contributed by atoms with Crippen LogP contribution < -0.4 is 22.3 Å². The van der Waals surface area contributed by atoms with E-state index in [2.05, 4.69) is 17.2 Å². The molecule has 0 radical (unpaired) electrons. The first-order valence-electron chi connectivity index (χ1n) is 13.2. The first kappa shape index (κ1) is 29.9.